The Morgan fingerprint density at radius 2 is 1.90 bits per heavy atom. The molecule has 110 valence electrons. The lowest BCUT2D eigenvalue weighted by atomic mass is 10.1. The lowest BCUT2D eigenvalue weighted by Gasteiger charge is -2.15. The first-order chi connectivity index (χ1) is 9.97. The molecule has 3 N–H and O–H groups in total. The van der Waals surface area contributed by atoms with E-state index in [1.165, 1.54) is 12.1 Å². The van der Waals surface area contributed by atoms with E-state index in [4.69, 9.17) is 28.9 Å². The highest BCUT2D eigenvalue weighted by atomic mass is 35.5. The van der Waals surface area contributed by atoms with Crippen LogP contribution in [0.3, 0.4) is 0 Å². The van der Waals surface area contributed by atoms with E-state index in [-0.39, 0.29) is 22.0 Å². The number of carbonyl (C=O) groups excluding carboxylic acids is 1. The van der Waals surface area contributed by atoms with Gasteiger partial charge in [-0.05, 0) is 31.0 Å². The summed E-state index contributed by atoms with van der Waals surface area (Å²) in [5, 5.41) is 3.40. The molecule has 0 aliphatic heterocycles. The Labute approximate surface area is 134 Å². The van der Waals surface area contributed by atoms with Crippen LogP contribution in [0.2, 0.25) is 10.0 Å². The Balaban J connectivity index is 2.08. The fraction of sp³-hybridized carbons (Fsp3) is 0.188. The fourth-order valence-electron chi connectivity index (χ4n) is 2.10. The fourth-order valence-corrected chi connectivity index (χ4v) is 2.52. The predicted molar refractivity (Wildman–Crippen MR) is 87.9 cm³/mol. The number of anilines is 1. The van der Waals surface area contributed by atoms with Crippen LogP contribution in [-0.2, 0) is 6.42 Å². The van der Waals surface area contributed by atoms with Crippen molar-refractivity contribution in [3.8, 4) is 0 Å². The Hall–Kier alpha value is -1.71. The normalized spacial score (nSPS) is 12.0. The Morgan fingerprint density at radius 1 is 1.24 bits per heavy atom. The molecule has 3 nitrogen and oxygen atoms in total. The van der Waals surface area contributed by atoms with Gasteiger partial charge >= 0.3 is 0 Å². The van der Waals surface area contributed by atoms with Crippen LogP contribution >= 0.6 is 23.2 Å². The van der Waals surface area contributed by atoms with E-state index in [9.17, 15) is 4.79 Å². The third kappa shape index (κ3) is 4.13. The summed E-state index contributed by atoms with van der Waals surface area (Å²) in [6.07, 6.45) is 0.736. The minimum Gasteiger partial charge on any atom is -0.399 e. The summed E-state index contributed by atoms with van der Waals surface area (Å²) in [6, 6.07) is 13.0. The van der Waals surface area contributed by atoms with Gasteiger partial charge in [0, 0.05) is 11.7 Å². The Bertz CT molecular complexity index is 644. The molecule has 0 aliphatic carbocycles. The highest BCUT2D eigenvalue weighted by molar-refractivity contribution is 6.44. The van der Waals surface area contributed by atoms with Crippen LogP contribution < -0.4 is 11.1 Å². The molecule has 0 fully saturated rings. The maximum absolute atomic E-state index is 12.3. The van der Waals surface area contributed by atoms with Gasteiger partial charge in [-0.2, -0.15) is 0 Å². The zero-order valence-corrected chi connectivity index (χ0v) is 13.1. The van der Waals surface area contributed by atoms with E-state index in [2.05, 4.69) is 5.32 Å². The smallest absolute Gasteiger partial charge is 0.253 e. The van der Waals surface area contributed by atoms with Crippen LogP contribution in [0.1, 0.15) is 22.8 Å². The van der Waals surface area contributed by atoms with Crippen molar-refractivity contribution in [2.24, 2.45) is 0 Å². The number of rotatable bonds is 4. The second-order valence-corrected chi connectivity index (χ2v) is 5.71. The molecule has 1 amide bonds. The molecule has 0 radical (unpaired) electrons. The van der Waals surface area contributed by atoms with Crippen molar-refractivity contribution in [3.05, 3.63) is 63.6 Å². The van der Waals surface area contributed by atoms with Crippen molar-refractivity contribution in [1.82, 2.24) is 5.32 Å². The maximum Gasteiger partial charge on any atom is 0.253 e. The maximum atomic E-state index is 12.3. The van der Waals surface area contributed by atoms with Crippen LogP contribution in [0, 0.1) is 0 Å². The molecule has 0 heterocycles. The van der Waals surface area contributed by atoms with Crippen LogP contribution in [-0.4, -0.2) is 11.9 Å². The van der Waals surface area contributed by atoms with E-state index in [0.717, 1.165) is 12.0 Å². The molecule has 0 saturated heterocycles. The van der Waals surface area contributed by atoms with Crippen molar-refractivity contribution in [2.75, 3.05) is 5.73 Å². The summed E-state index contributed by atoms with van der Waals surface area (Å²) < 4.78 is 0. The lowest BCUT2D eigenvalue weighted by molar-refractivity contribution is 0.0940. The molecule has 0 aliphatic rings. The first kappa shape index (κ1) is 15.7. The summed E-state index contributed by atoms with van der Waals surface area (Å²) in [5.74, 6) is -0.280. The summed E-state index contributed by atoms with van der Waals surface area (Å²) in [4.78, 5) is 12.3. The van der Waals surface area contributed by atoms with Gasteiger partial charge in [0.2, 0.25) is 0 Å². The van der Waals surface area contributed by atoms with Crippen LogP contribution in [0.4, 0.5) is 5.69 Å². The second-order valence-electron chi connectivity index (χ2n) is 4.93. The van der Waals surface area contributed by atoms with Crippen molar-refractivity contribution in [3.63, 3.8) is 0 Å². The number of benzene rings is 2. The first-order valence-corrected chi connectivity index (χ1v) is 7.32. The second kappa shape index (κ2) is 6.83. The quantitative estimate of drug-likeness (QED) is 0.838. The Kier molecular flexibility index (Phi) is 5.10. The Morgan fingerprint density at radius 3 is 2.57 bits per heavy atom. The van der Waals surface area contributed by atoms with Crippen molar-refractivity contribution >= 4 is 34.8 Å². The zero-order chi connectivity index (χ0) is 15.4. The lowest BCUT2D eigenvalue weighted by Crippen LogP contribution is -2.34. The van der Waals surface area contributed by atoms with Gasteiger partial charge in [0.05, 0.1) is 15.6 Å². The molecule has 1 unspecified atom stereocenters. The average Bonchev–Trinajstić information content (AvgIpc) is 2.43. The van der Waals surface area contributed by atoms with Crippen molar-refractivity contribution < 1.29 is 4.79 Å². The largest absolute Gasteiger partial charge is 0.399 e. The zero-order valence-electron chi connectivity index (χ0n) is 11.6. The number of halogens is 2. The van der Waals surface area contributed by atoms with E-state index in [0.29, 0.717) is 11.3 Å². The van der Waals surface area contributed by atoms with Gasteiger partial charge < -0.3 is 11.1 Å². The minimum absolute atomic E-state index is 0.0313. The summed E-state index contributed by atoms with van der Waals surface area (Å²) in [6.45, 7) is 1.94. The molecule has 2 aromatic carbocycles. The third-order valence-corrected chi connectivity index (χ3v) is 3.86. The third-order valence-electron chi connectivity index (χ3n) is 3.06. The monoisotopic (exact) mass is 322 g/mol. The summed E-state index contributed by atoms with van der Waals surface area (Å²) in [7, 11) is 0. The standard InChI is InChI=1S/C16H16Cl2N2O/c1-10(7-11-5-3-2-4-6-11)20-16(21)13-8-12(19)9-14(17)15(13)18/h2-6,8-10H,7,19H2,1H3,(H,20,21). The number of hydrogen-bond acceptors (Lipinski definition) is 2. The number of hydrogen-bond donors (Lipinski definition) is 2. The number of amides is 1. The number of nitrogen functional groups attached to an aromatic ring is 1. The molecule has 0 spiro atoms. The van der Waals surface area contributed by atoms with E-state index >= 15 is 0 Å². The first-order valence-electron chi connectivity index (χ1n) is 6.56. The molecular weight excluding hydrogens is 307 g/mol. The highest BCUT2D eigenvalue weighted by Gasteiger charge is 2.16. The minimum atomic E-state index is -0.280. The SMILES string of the molecule is CC(Cc1ccccc1)NC(=O)c1cc(N)cc(Cl)c1Cl. The van der Waals surface area contributed by atoms with Gasteiger partial charge in [-0.1, -0.05) is 53.5 Å². The molecular formula is C16H16Cl2N2O. The number of nitrogens with one attached hydrogen (secondary N) is 1. The van der Waals surface area contributed by atoms with Gasteiger partial charge in [-0.3, -0.25) is 4.79 Å². The highest BCUT2D eigenvalue weighted by Crippen LogP contribution is 2.28. The van der Waals surface area contributed by atoms with E-state index < -0.39 is 0 Å². The molecule has 0 saturated carbocycles. The number of nitrogens with two attached hydrogens (primary N) is 1. The van der Waals surface area contributed by atoms with Crippen molar-refractivity contribution in [2.45, 2.75) is 19.4 Å². The van der Waals surface area contributed by atoms with Crippen molar-refractivity contribution in [1.29, 1.82) is 0 Å². The van der Waals surface area contributed by atoms with Gasteiger partial charge in [0.25, 0.3) is 5.91 Å². The summed E-state index contributed by atoms with van der Waals surface area (Å²) >= 11 is 12.0. The molecule has 0 aromatic heterocycles. The molecule has 21 heavy (non-hydrogen) atoms. The van der Waals surface area contributed by atoms with E-state index in [1.807, 2.05) is 37.3 Å². The van der Waals surface area contributed by atoms with Gasteiger partial charge in [-0.15, -0.1) is 0 Å². The van der Waals surface area contributed by atoms with Gasteiger partial charge in [0.15, 0.2) is 0 Å². The van der Waals surface area contributed by atoms with E-state index in [1.54, 1.807) is 0 Å². The molecule has 5 heteroatoms. The topological polar surface area (TPSA) is 55.1 Å². The average molecular weight is 323 g/mol. The van der Waals surface area contributed by atoms with Crippen LogP contribution in [0.5, 0.6) is 0 Å². The van der Waals surface area contributed by atoms with Gasteiger partial charge in [0.1, 0.15) is 0 Å². The van der Waals surface area contributed by atoms with Crippen LogP contribution in [0.25, 0.3) is 0 Å². The molecule has 1 atom stereocenters. The van der Waals surface area contributed by atoms with Crippen LogP contribution in [0.15, 0.2) is 42.5 Å². The van der Waals surface area contributed by atoms with Gasteiger partial charge in [-0.25, -0.2) is 0 Å². The molecule has 2 aromatic rings. The molecule has 0 bridgehead atoms. The summed E-state index contributed by atoms with van der Waals surface area (Å²) in [5.41, 5.74) is 7.55. The predicted octanol–water partition coefficient (Wildman–Crippen LogP) is 3.94. The number of carbonyl (C=O) groups is 1. The molecule has 2 rings (SSSR count).